The second kappa shape index (κ2) is 4.91. The summed E-state index contributed by atoms with van der Waals surface area (Å²) < 4.78 is 0. The van der Waals surface area contributed by atoms with Crippen molar-refractivity contribution in [3.8, 4) is 0 Å². The van der Waals surface area contributed by atoms with E-state index >= 15 is 0 Å². The highest BCUT2D eigenvalue weighted by Gasteiger charge is 2.38. The van der Waals surface area contributed by atoms with E-state index < -0.39 is 0 Å². The van der Waals surface area contributed by atoms with Gasteiger partial charge in [0.15, 0.2) is 0 Å². The van der Waals surface area contributed by atoms with E-state index in [1.165, 1.54) is 24.2 Å². The number of hydrogen-bond donors (Lipinski definition) is 1. The molecule has 2 fully saturated rings. The number of carbonyl (C=O) groups is 1. The van der Waals surface area contributed by atoms with Gasteiger partial charge in [-0.1, -0.05) is 0 Å². The van der Waals surface area contributed by atoms with Crippen LogP contribution in [0.3, 0.4) is 0 Å². The van der Waals surface area contributed by atoms with Crippen molar-refractivity contribution in [2.75, 3.05) is 18.8 Å². The molecule has 1 amide bonds. The summed E-state index contributed by atoms with van der Waals surface area (Å²) in [6.45, 7) is 5.58. The lowest BCUT2D eigenvalue weighted by Crippen LogP contribution is -2.28. The van der Waals surface area contributed by atoms with E-state index in [1.807, 2.05) is 18.7 Å². The Morgan fingerprint density at radius 1 is 1.23 bits per heavy atom. The molecule has 1 atom stereocenters. The average Bonchev–Trinajstić information content (AvgIpc) is 3.10. The molecule has 116 valence electrons. The van der Waals surface area contributed by atoms with Crippen LogP contribution in [0, 0.1) is 25.7 Å². The predicted molar refractivity (Wildman–Crippen MR) is 88.0 cm³/mol. The minimum Gasteiger partial charge on any atom is -0.383 e. The summed E-state index contributed by atoms with van der Waals surface area (Å²) in [5.74, 6) is 2.85. The Morgan fingerprint density at radius 3 is 2.73 bits per heavy atom. The van der Waals surface area contributed by atoms with Gasteiger partial charge in [0.25, 0.3) is 5.91 Å². The zero-order valence-corrected chi connectivity index (χ0v) is 13.7. The van der Waals surface area contributed by atoms with Gasteiger partial charge in [0.1, 0.15) is 16.5 Å². The summed E-state index contributed by atoms with van der Waals surface area (Å²) in [5, 5.41) is 0.844. The summed E-state index contributed by atoms with van der Waals surface area (Å²) in [7, 11) is 0. The molecule has 4 rings (SSSR count). The first-order valence-corrected chi connectivity index (χ1v) is 8.68. The van der Waals surface area contributed by atoms with Gasteiger partial charge in [0.2, 0.25) is 0 Å². The lowest BCUT2D eigenvalue weighted by atomic mass is 10.0. The quantitative estimate of drug-likeness (QED) is 0.924. The number of thiophene rings is 1. The van der Waals surface area contributed by atoms with Crippen LogP contribution in [0.2, 0.25) is 0 Å². The molecule has 1 saturated heterocycles. The molecule has 2 aliphatic rings. The second-order valence-corrected chi connectivity index (χ2v) is 7.53. The van der Waals surface area contributed by atoms with E-state index in [9.17, 15) is 4.79 Å². The van der Waals surface area contributed by atoms with Gasteiger partial charge < -0.3 is 10.6 Å². The van der Waals surface area contributed by atoms with Crippen LogP contribution in [-0.2, 0) is 0 Å². The van der Waals surface area contributed by atoms with E-state index in [-0.39, 0.29) is 5.91 Å². The van der Waals surface area contributed by atoms with Crippen LogP contribution in [0.1, 0.15) is 40.3 Å². The van der Waals surface area contributed by atoms with Crippen LogP contribution in [0.5, 0.6) is 0 Å². The SMILES string of the molecule is Cc1nc(N)c2c(C)c(C(=O)N3CCC(C4CC4)C3)sc2n1. The van der Waals surface area contributed by atoms with E-state index in [2.05, 4.69) is 9.97 Å². The first-order valence-electron chi connectivity index (χ1n) is 7.87. The number of hydrogen-bond acceptors (Lipinski definition) is 5. The Hall–Kier alpha value is -1.69. The number of amides is 1. The summed E-state index contributed by atoms with van der Waals surface area (Å²) in [6, 6.07) is 0. The number of nitrogen functional groups attached to an aromatic ring is 1. The van der Waals surface area contributed by atoms with Gasteiger partial charge in [0, 0.05) is 13.1 Å². The molecule has 22 heavy (non-hydrogen) atoms. The first kappa shape index (κ1) is 13.9. The van der Waals surface area contributed by atoms with Crippen molar-refractivity contribution in [1.29, 1.82) is 0 Å². The maximum absolute atomic E-state index is 12.9. The Bertz CT molecular complexity index is 765. The fourth-order valence-electron chi connectivity index (χ4n) is 3.55. The number of likely N-dealkylation sites (tertiary alicyclic amines) is 1. The van der Waals surface area contributed by atoms with Gasteiger partial charge >= 0.3 is 0 Å². The van der Waals surface area contributed by atoms with Crippen molar-refractivity contribution in [3.63, 3.8) is 0 Å². The molecule has 1 aliphatic heterocycles. The maximum atomic E-state index is 12.9. The lowest BCUT2D eigenvalue weighted by molar-refractivity contribution is 0.0790. The number of rotatable bonds is 2. The molecule has 0 bridgehead atoms. The molecule has 5 nitrogen and oxygen atoms in total. The third kappa shape index (κ3) is 2.17. The fourth-order valence-corrected chi connectivity index (χ4v) is 4.75. The Labute approximate surface area is 133 Å². The Kier molecular flexibility index (Phi) is 3.11. The highest BCUT2D eigenvalue weighted by atomic mass is 32.1. The summed E-state index contributed by atoms with van der Waals surface area (Å²) >= 11 is 1.45. The minimum atomic E-state index is 0.140. The maximum Gasteiger partial charge on any atom is 0.264 e. The molecule has 0 radical (unpaired) electrons. The normalized spacial score (nSPS) is 21.7. The number of aromatic nitrogens is 2. The lowest BCUT2D eigenvalue weighted by Gasteiger charge is -2.16. The third-order valence-electron chi connectivity index (χ3n) is 4.92. The standard InChI is InChI=1S/C16H20N4OS/c1-8-12-14(17)18-9(2)19-15(12)22-13(8)16(21)20-6-5-11(7-20)10-3-4-10/h10-11H,3-7H2,1-2H3,(H2,17,18,19). The van der Waals surface area contributed by atoms with E-state index in [0.717, 1.165) is 46.1 Å². The number of anilines is 1. The second-order valence-electron chi connectivity index (χ2n) is 6.53. The van der Waals surface area contributed by atoms with Crippen molar-refractivity contribution in [1.82, 2.24) is 14.9 Å². The van der Waals surface area contributed by atoms with Crippen molar-refractivity contribution in [2.24, 2.45) is 11.8 Å². The molecule has 3 heterocycles. The number of nitrogens with two attached hydrogens (primary N) is 1. The van der Waals surface area contributed by atoms with Crippen LogP contribution in [0.4, 0.5) is 5.82 Å². The molecule has 2 N–H and O–H groups in total. The monoisotopic (exact) mass is 316 g/mol. The third-order valence-corrected chi connectivity index (χ3v) is 6.10. The summed E-state index contributed by atoms with van der Waals surface area (Å²) in [6.07, 6.45) is 3.85. The van der Waals surface area contributed by atoms with E-state index in [1.54, 1.807) is 0 Å². The van der Waals surface area contributed by atoms with Crippen molar-refractivity contribution >= 4 is 33.3 Å². The molecule has 2 aromatic heterocycles. The Balaban J connectivity index is 1.67. The molecule has 2 aromatic rings. The van der Waals surface area contributed by atoms with Crippen LogP contribution < -0.4 is 5.73 Å². The van der Waals surface area contributed by atoms with Gasteiger partial charge in [-0.05, 0) is 50.5 Å². The highest BCUT2D eigenvalue weighted by molar-refractivity contribution is 7.20. The largest absolute Gasteiger partial charge is 0.383 e. The van der Waals surface area contributed by atoms with Gasteiger partial charge in [0.05, 0.1) is 10.3 Å². The summed E-state index contributed by atoms with van der Waals surface area (Å²) in [4.78, 5) is 25.1. The fraction of sp³-hybridized carbons (Fsp3) is 0.562. The molecular weight excluding hydrogens is 296 g/mol. The number of carbonyl (C=O) groups excluding carboxylic acids is 1. The summed E-state index contributed by atoms with van der Waals surface area (Å²) in [5.41, 5.74) is 6.95. The topological polar surface area (TPSA) is 72.1 Å². The van der Waals surface area contributed by atoms with Gasteiger partial charge in [-0.25, -0.2) is 9.97 Å². The smallest absolute Gasteiger partial charge is 0.264 e. The predicted octanol–water partition coefficient (Wildman–Crippen LogP) is 2.76. The van der Waals surface area contributed by atoms with Crippen LogP contribution in [0.25, 0.3) is 10.2 Å². The molecule has 0 spiro atoms. The van der Waals surface area contributed by atoms with Crippen molar-refractivity contribution < 1.29 is 4.79 Å². The number of aryl methyl sites for hydroxylation is 2. The van der Waals surface area contributed by atoms with E-state index in [0.29, 0.717) is 17.6 Å². The van der Waals surface area contributed by atoms with E-state index in [4.69, 9.17) is 5.73 Å². The number of nitrogens with zero attached hydrogens (tertiary/aromatic N) is 3. The van der Waals surface area contributed by atoms with Crippen LogP contribution in [0.15, 0.2) is 0 Å². The minimum absolute atomic E-state index is 0.140. The Morgan fingerprint density at radius 2 is 2.00 bits per heavy atom. The molecule has 0 aromatic carbocycles. The zero-order valence-electron chi connectivity index (χ0n) is 12.9. The van der Waals surface area contributed by atoms with Crippen molar-refractivity contribution in [2.45, 2.75) is 33.1 Å². The van der Waals surface area contributed by atoms with Gasteiger partial charge in [-0.15, -0.1) is 11.3 Å². The van der Waals surface area contributed by atoms with Crippen LogP contribution in [-0.4, -0.2) is 33.9 Å². The average molecular weight is 316 g/mol. The molecule has 1 saturated carbocycles. The first-order chi connectivity index (χ1) is 10.5. The van der Waals surface area contributed by atoms with Gasteiger partial charge in [-0.3, -0.25) is 4.79 Å². The van der Waals surface area contributed by atoms with Crippen LogP contribution >= 0.6 is 11.3 Å². The van der Waals surface area contributed by atoms with Crippen molar-refractivity contribution in [3.05, 3.63) is 16.3 Å². The molecular formula is C16H20N4OS. The molecule has 6 heteroatoms. The highest BCUT2D eigenvalue weighted by Crippen LogP contribution is 2.42. The zero-order chi connectivity index (χ0) is 15.4. The molecule has 1 unspecified atom stereocenters. The van der Waals surface area contributed by atoms with Gasteiger partial charge in [-0.2, -0.15) is 0 Å². The number of fused-ring (bicyclic) bond motifs is 1. The molecule has 1 aliphatic carbocycles.